The van der Waals surface area contributed by atoms with Crippen molar-refractivity contribution in [1.82, 2.24) is 0 Å². The number of rotatable bonds is 8. The van der Waals surface area contributed by atoms with Crippen molar-refractivity contribution < 1.29 is 33.5 Å². The van der Waals surface area contributed by atoms with Crippen LogP contribution in [0.25, 0.3) is 0 Å². The van der Waals surface area contributed by atoms with Gasteiger partial charge in [-0.15, -0.1) is 0 Å². The third-order valence-electron chi connectivity index (χ3n) is 8.68. The summed E-state index contributed by atoms with van der Waals surface area (Å²) < 4.78 is 0. The van der Waals surface area contributed by atoms with Crippen molar-refractivity contribution in [3.63, 3.8) is 0 Å². The van der Waals surface area contributed by atoms with E-state index in [1.54, 1.807) is 0 Å². The number of benzene rings is 5. The second-order valence-electron chi connectivity index (χ2n) is 12.7. The van der Waals surface area contributed by atoms with Crippen LogP contribution in [0.4, 0.5) is 0 Å². The molecule has 268 valence electrons. The van der Waals surface area contributed by atoms with Crippen molar-refractivity contribution in [2.75, 3.05) is 0 Å². The fourth-order valence-corrected chi connectivity index (χ4v) is 12.3. The molecule has 7 rings (SSSR count). The summed E-state index contributed by atoms with van der Waals surface area (Å²) in [5.41, 5.74) is 7.04. The van der Waals surface area contributed by atoms with Crippen molar-refractivity contribution in [3.8, 4) is 0 Å². The van der Waals surface area contributed by atoms with Crippen molar-refractivity contribution in [2.24, 2.45) is 0 Å². The first-order valence-corrected chi connectivity index (χ1v) is 25.4. The molecule has 0 N–H and O–H groups in total. The second kappa shape index (κ2) is 22.3. The Balaban J connectivity index is 0.000000603. The summed E-state index contributed by atoms with van der Waals surface area (Å²) in [7, 11) is 8.39. The van der Waals surface area contributed by atoms with Gasteiger partial charge in [0.05, 0.1) is 0 Å². The SMILES string of the molecule is Cc1cc(C)cc(P(c2cc(C)cc(C)c2)[C@H](C)[C]2[CH][CH][CH][C]2c2ccccc2P(c2ccccc2)c2ccccc2)c1.[CH]1[CH][CH][CH][CH]1.[Cl][Pt][Cl].[Fe+2]. The third-order valence-corrected chi connectivity index (χ3v) is 13.9. The van der Waals surface area contributed by atoms with E-state index in [0.29, 0.717) is 5.66 Å². The summed E-state index contributed by atoms with van der Waals surface area (Å²) >= 11 is -0.472. The molecule has 0 aliphatic heterocycles. The predicted octanol–water partition coefficient (Wildman–Crippen LogP) is 10.7. The van der Waals surface area contributed by atoms with Gasteiger partial charge in [-0.05, 0) is 139 Å². The van der Waals surface area contributed by atoms with Crippen LogP contribution in [0.5, 0.6) is 0 Å². The molecule has 0 unspecified atom stereocenters. The van der Waals surface area contributed by atoms with Crippen LogP contribution in [0, 0.1) is 90.9 Å². The normalized spacial score (nSPS) is 15.1. The Kier molecular flexibility index (Phi) is 18.7. The molecule has 52 heavy (non-hydrogen) atoms. The first-order chi connectivity index (χ1) is 24.8. The molecule has 5 aromatic rings. The van der Waals surface area contributed by atoms with Gasteiger partial charge in [-0.3, -0.25) is 0 Å². The fraction of sp³-hybridized carbons (Fsp3) is 0.130. The number of halogens is 2. The quantitative estimate of drug-likeness (QED) is 0.107. The monoisotopic (exact) mass is 979 g/mol. The average molecular weight is 981 g/mol. The van der Waals surface area contributed by atoms with Gasteiger partial charge in [0.2, 0.25) is 0 Å². The van der Waals surface area contributed by atoms with Crippen LogP contribution < -0.4 is 26.5 Å². The van der Waals surface area contributed by atoms with Gasteiger partial charge in [0.15, 0.2) is 0 Å². The van der Waals surface area contributed by atoms with Crippen LogP contribution in [0.1, 0.15) is 34.7 Å². The van der Waals surface area contributed by atoms with Crippen LogP contribution in [-0.4, -0.2) is 5.66 Å². The van der Waals surface area contributed by atoms with Gasteiger partial charge in [0, 0.05) is 5.92 Å². The molecule has 0 saturated heterocycles. The van der Waals surface area contributed by atoms with Crippen molar-refractivity contribution >= 4 is 61.2 Å². The standard InChI is InChI=1S/C41H39P2.C5H5.2ClH.Fe.Pt/c1-29-23-30(2)26-36(25-29)42(37-27-31(3)24-32(4)28-37)33(5)38-20-14-21-39(38)40-19-12-13-22-41(40)43(34-15-8-6-9-16-34)35-17-10-7-11-18-35;1-2-4-5-3-1;;;;/h6-28,33H,1-5H3;1-5H;2*1H;;/q;;;;2*+2/p-2/t33-;;;;;/m1...../s1. The zero-order valence-corrected chi connectivity index (χ0v) is 36.7. The molecule has 2 aliphatic carbocycles. The molecular formula is C46H44Cl2FeP2Pt+2. The molecule has 2 saturated carbocycles. The van der Waals surface area contributed by atoms with Crippen LogP contribution in [0.2, 0.25) is 0 Å². The van der Waals surface area contributed by atoms with E-state index in [-0.39, 0.29) is 17.1 Å². The summed E-state index contributed by atoms with van der Waals surface area (Å²) in [5, 5.41) is 7.09. The summed E-state index contributed by atoms with van der Waals surface area (Å²) in [6.07, 6.45) is 17.0. The average Bonchev–Trinajstić information content (AvgIpc) is 3.86. The van der Waals surface area contributed by atoms with Crippen LogP contribution in [0.3, 0.4) is 0 Å². The van der Waals surface area contributed by atoms with E-state index < -0.39 is 32.3 Å². The molecule has 0 spiro atoms. The van der Waals surface area contributed by atoms with Gasteiger partial charge in [-0.25, -0.2) is 0 Å². The minimum Gasteiger partial charge on any atom is 2.00 e. The molecular weight excluding hydrogens is 936 g/mol. The zero-order chi connectivity index (χ0) is 36.2. The first kappa shape index (κ1) is 43.5. The predicted molar refractivity (Wildman–Crippen MR) is 224 cm³/mol. The van der Waals surface area contributed by atoms with Crippen LogP contribution >= 0.6 is 34.7 Å². The maximum atomic E-state index is 4.88. The van der Waals surface area contributed by atoms with E-state index >= 15 is 0 Å². The molecule has 5 aromatic carbocycles. The molecule has 0 heterocycles. The van der Waals surface area contributed by atoms with Crippen LogP contribution in [-0.2, 0) is 33.5 Å². The molecule has 0 nitrogen and oxygen atoms in total. The molecule has 0 aromatic heterocycles. The molecule has 6 heteroatoms. The smallest absolute Gasteiger partial charge is 2.00 e. The van der Waals surface area contributed by atoms with Gasteiger partial charge >= 0.3 is 52.4 Å². The number of hydrogen-bond donors (Lipinski definition) is 0. The van der Waals surface area contributed by atoms with E-state index in [4.69, 9.17) is 18.8 Å². The first-order valence-electron chi connectivity index (χ1n) is 17.0. The Morgan fingerprint density at radius 1 is 0.500 bits per heavy atom. The summed E-state index contributed by atoms with van der Waals surface area (Å²) in [5.74, 6) is 2.80. The van der Waals surface area contributed by atoms with Crippen molar-refractivity contribution in [1.29, 1.82) is 0 Å². The van der Waals surface area contributed by atoms with E-state index in [2.05, 4.69) is 175 Å². The third kappa shape index (κ3) is 11.9. The van der Waals surface area contributed by atoms with E-state index in [9.17, 15) is 0 Å². The summed E-state index contributed by atoms with van der Waals surface area (Å²) in [4.78, 5) is 0. The van der Waals surface area contributed by atoms with Crippen molar-refractivity contribution in [3.05, 3.63) is 212 Å². The Labute approximate surface area is 344 Å². The Bertz CT molecular complexity index is 1660. The molecule has 0 amide bonds. The van der Waals surface area contributed by atoms with Gasteiger partial charge < -0.3 is 0 Å². The van der Waals surface area contributed by atoms with Gasteiger partial charge in [0.25, 0.3) is 0 Å². The van der Waals surface area contributed by atoms with Gasteiger partial charge in [0.1, 0.15) is 0 Å². The van der Waals surface area contributed by atoms with Crippen molar-refractivity contribution in [2.45, 2.75) is 40.3 Å². The molecule has 2 fully saturated rings. The molecule has 0 bridgehead atoms. The Hall–Kier alpha value is -1.25. The van der Waals surface area contributed by atoms with Crippen LogP contribution in [0.15, 0.2) is 121 Å². The van der Waals surface area contributed by atoms with E-state index in [0.717, 1.165) is 0 Å². The topological polar surface area (TPSA) is 0 Å². The van der Waals surface area contributed by atoms with E-state index in [1.807, 2.05) is 32.1 Å². The zero-order valence-electron chi connectivity index (χ0n) is 30.1. The minimum absolute atomic E-state index is 0. The van der Waals surface area contributed by atoms with Gasteiger partial charge in [-0.2, -0.15) is 0 Å². The fourth-order valence-electron chi connectivity index (χ4n) is 6.76. The summed E-state index contributed by atoms with van der Waals surface area (Å²) in [6.45, 7) is 11.4. The maximum absolute atomic E-state index is 4.88. The summed E-state index contributed by atoms with van der Waals surface area (Å²) in [6, 6.07) is 45.5. The number of hydrogen-bond acceptors (Lipinski definition) is 0. The maximum Gasteiger partial charge on any atom is 2.00 e. The van der Waals surface area contributed by atoms with E-state index in [1.165, 1.54) is 66.2 Å². The molecule has 10 radical (unpaired) electrons. The molecule has 2 aliphatic rings. The Morgan fingerprint density at radius 3 is 1.35 bits per heavy atom. The second-order valence-corrected chi connectivity index (χ2v) is 20.7. The largest absolute Gasteiger partial charge is 2.00 e. The number of aryl methyl sites for hydroxylation is 4. The Morgan fingerprint density at radius 2 is 0.904 bits per heavy atom. The van der Waals surface area contributed by atoms with Gasteiger partial charge in [-0.1, -0.05) is 151 Å². The molecule has 1 atom stereocenters. The minimum atomic E-state index is -0.718.